The zero-order valence-electron chi connectivity index (χ0n) is 6.36. The van der Waals surface area contributed by atoms with E-state index in [4.69, 9.17) is 10.4 Å². The van der Waals surface area contributed by atoms with Crippen LogP contribution in [-0.4, -0.2) is 8.76 Å². The number of anilines is 1. The lowest BCUT2D eigenvalue weighted by atomic mass is 10.2. The average molecular weight is 186 g/mol. The van der Waals surface area contributed by atoms with Crippen molar-refractivity contribution in [2.24, 2.45) is 5.84 Å². The number of benzene rings is 1. The van der Waals surface area contributed by atoms with Gasteiger partial charge in [0.05, 0.1) is 5.75 Å². The summed E-state index contributed by atoms with van der Waals surface area (Å²) in [6.45, 7) is 0. The molecular weight excluding hydrogens is 176 g/mol. The molecule has 1 aromatic rings. The van der Waals surface area contributed by atoms with Crippen molar-refractivity contribution >= 4 is 16.8 Å². The first kappa shape index (κ1) is 9.18. The molecule has 0 aliphatic rings. The Balaban J connectivity index is 2.71. The summed E-state index contributed by atoms with van der Waals surface area (Å²) in [5.74, 6) is 5.30. The molecule has 0 aliphatic carbocycles. The van der Waals surface area contributed by atoms with Gasteiger partial charge in [0, 0.05) is 5.69 Å². The number of nitrogen functional groups attached to an aromatic ring is 1. The van der Waals surface area contributed by atoms with Crippen molar-refractivity contribution in [3.63, 3.8) is 0 Å². The SMILES string of the molecule is NNc1ccc(CS(=O)O)cc1. The van der Waals surface area contributed by atoms with Crippen LogP contribution in [0.15, 0.2) is 24.3 Å². The molecule has 0 fully saturated rings. The monoisotopic (exact) mass is 186 g/mol. The summed E-state index contributed by atoms with van der Waals surface area (Å²) >= 11 is -1.78. The molecule has 1 atom stereocenters. The second kappa shape index (κ2) is 4.20. The van der Waals surface area contributed by atoms with E-state index < -0.39 is 11.1 Å². The third-order valence-corrected chi connectivity index (χ3v) is 1.99. The molecule has 1 aromatic carbocycles. The maximum Gasteiger partial charge on any atom is 0.157 e. The third-order valence-electron chi connectivity index (χ3n) is 1.41. The Morgan fingerprint density at radius 2 is 2.00 bits per heavy atom. The van der Waals surface area contributed by atoms with E-state index in [1.165, 1.54) is 0 Å². The van der Waals surface area contributed by atoms with Crippen molar-refractivity contribution in [1.29, 1.82) is 0 Å². The quantitative estimate of drug-likeness (QED) is 0.369. The van der Waals surface area contributed by atoms with E-state index in [1.807, 2.05) is 0 Å². The highest BCUT2D eigenvalue weighted by Crippen LogP contribution is 2.08. The maximum absolute atomic E-state index is 10.4. The molecule has 0 saturated carbocycles. The second-order valence-electron chi connectivity index (χ2n) is 2.31. The fraction of sp³-hybridized carbons (Fsp3) is 0.143. The minimum atomic E-state index is -1.78. The summed E-state index contributed by atoms with van der Waals surface area (Å²) in [6.07, 6.45) is 0. The minimum Gasteiger partial charge on any atom is -0.324 e. The summed E-state index contributed by atoms with van der Waals surface area (Å²) in [4.78, 5) is 0. The van der Waals surface area contributed by atoms with Crippen molar-refractivity contribution in [3.05, 3.63) is 29.8 Å². The summed E-state index contributed by atoms with van der Waals surface area (Å²) < 4.78 is 19.0. The van der Waals surface area contributed by atoms with Gasteiger partial charge < -0.3 is 9.98 Å². The Kier molecular flexibility index (Phi) is 3.21. The lowest BCUT2D eigenvalue weighted by molar-refractivity contribution is 0.563. The Labute approximate surface area is 73.0 Å². The van der Waals surface area contributed by atoms with Gasteiger partial charge in [-0.1, -0.05) is 12.1 Å². The minimum absolute atomic E-state index is 0.158. The fourth-order valence-corrected chi connectivity index (χ4v) is 1.32. The highest BCUT2D eigenvalue weighted by molar-refractivity contribution is 7.78. The molecule has 1 rings (SSSR count). The average Bonchev–Trinajstić information content (AvgIpc) is 2.05. The van der Waals surface area contributed by atoms with Crippen molar-refractivity contribution in [3.8, 4) is 0 Å². The molecule has 0 radical (unpaired) electrons. The predicted octanol–water partition coefficient (Wildman–Crippen LogP) is 0.694. The van der Waals surface area contributed by atoms with Gasteiger partial charge in [0.2, 0.25) is 0 Å². The van der Waals surface area contributed by atoms with Crippen LogP contribution < -0.4 is 11.3 Å². The fourth-order valence-electron chi connectivity index (χ4n) is 0.840. The largest absolute Gasteiger partial charge is 0.324 e. The summed E-state index contributed by atoms with van der Waals surface area (Å²) in [5.41, 5.74) is 4.06. The number of hydrazine groups is 1. The second-order valence-corrected chi connectivity index (χ2v) is 3.24. The number of rotatable bonds is 3. The molecule has 0 amide bonds. The smallest absolute Gasteiger partial charge is 0.157 e. The van der Waals surface area contributed by atoms with Crippen molar-refractivity contribution < 1.29 is 8.76 Å². The van der Waals surface area contributed by atoms with Gasteiger partial charge in [-0.2, -0.15) is 0 Å². The van der Waals surface area contributed by atoms with Crippen LogP contribution in [0.5, 0.6) is 0 Å². The topological polar surface area (TPSA) is 75.3 Å². The van der Waals surface area contributed by atoms with Crippen molar-refractivity contribution in [1.82, 2.24) is 0 Å². The van der Waals surface area contributed by atoms with Gasteiger partial charge in [-0.05, 0) is 17.7 Å². The van der Waals surface area contributed by atoms with Gasteiger partial charge >= 0.3 is 0 Å². The first-order chi connectivity index (χ1) is 5.72. The van der Waals surface area contributed by atoms with E-state index in [1.54, 1.807) is 24.3 Å². The lowest BCUT2D eigenvalue weighted by Gasteiger charge is -2.00. The zero-order valence-corrected chi connectivity index (χ0v) is 7.17. The highest BCUT2D eigenvalue weighted by atomic mass is 32.2. The van der Waals surface area contributed by atoms with Gasteiger partial charge in [0.1, 0.15) is 0 Å². The molecule has 0 spiro atoms. The molecule has 0 aromatic heterocycles. The van der Waals surface area contributed by atoms with E-state index in [2.05, 4.69) is 5.43 Å². The highest BCUT2D eigenvalue weighted by Gasteiger charge is 1.96. The van der Waals surface area contributed by atoms with Gasteiger partial charge in [-0.15, -0.1) is 0 Å². The third kappa shape index (κ3) is 2.61. The standard InChI is InChI=1S/C7H10N2O2S/c8-9-7-3-1-6(2-4-7)5-12(10)11/h1-4,9H,5,8H2,(H,10,11). The van der Waals surface area contributed by atoms with Crippen LogP contribution in [0.2, 0.25) is 0 Å². The lowest BCUT2D eigenvalue weighted by Crippen LogP contribution is -2.06. The van der Waals surface area contributed by atoms with Crippen LogP contribution in [0.1, 0.15) is 5.56 Å². The molecule has 66 valence electrons. The molecule has 0 heterocycles. The summed E-state index contributed by atoms with van der Waals surface area (Å²) in [7, 11) is 0. The molecule has 12 heavy (non-hydrogen) atoms. The number of nitrogens with one attached hydrogen (secondary N) is 1. The zero-order chi connectivity index (χ0) is 8.97. The van der Waals surface area contributed by atoms with E-state index in [0.29, 0.717) is 0 Å². The molecule has 0 bridgehead atoms. The first-order valence-corrected chi connectivity index (χ1v) is 4.63. The number of hydrogen-bond acceptors (Lipinski definition) is 3. The summed E-state index contributed by atoms with van der Waals surface area (Å²) in [5, 5.41) is 0. The molecular formula is C7H10N2O2S. The Morgan fingerprint density at radius 1 is 1.42 bits per heavy atom. The number of nitrogens with two attached hydrogens (primary N) is 1. The molecule has 1 unspecified atom stereocenters. The van der Waals surface area contributed by atoms with Crippen LogP contribution in [0, 0.1) is 0 Å². The predicted molar refractivity (Wildman–Crippen MR) is 48.7 cm³/mol. The normalized spacial score (nSPS) is 12.5. The number of hydrogen-bond donors (Lipinski definition) is 3. The van der Waals surface area contributed by atoms with E-state index in [0.717, 1.165) is 11.3 Å². The van der Waals surface area contributed by atoms with Crippen molar-refractivity contribution in [2.45, 2.75) is 5.75 Å². The van der Waals surface area contributed by atoms with Gasteiger partial charge in [0.15, 0.2) is 11.1 Å². The van der Waals surface area contributed by atoms with Crippen LogP contribution in [0.4, 0.5) is 5.69 Å². The van der Waals surface area contributed by atoms with Gasteiger partial charge in [-0.25, -0.2) is 4.21 Å². The van der Waals surface area contributed by atoms with Gasteiger partial charge in [-0.3, -0.25) is 5.84 Å². The van der Waals surface area contributed by atoms with Crippen LogP contribution in [0.3, 0.4) is 0 Å². The molecule has 0 saturated heterocycles. The molecule has 4 N–H and O–H groups in total. The van der Waals surface area contributed by atoms with Crippen LogP contribution in [0.25, 0.3) is 0 Å². The molecule has 5 heteroatoms. The van der Waals surface area contributed by atoms with Crippen LogP contribution >= 0.6 is 0 Å². The Morgan fingerprint density at radius 3 is 2.42 bits per heavy atom. The van der Waals surface area contributed by atoms with Crippen molar-refractivity contribution in [2.75, 3.05) is 5.43 Å². The molecule has 0 aliphatic heterocycles. The van der Waals surface area contributed by atoms with E-state index >= 15 is 0 Å². The van der Waals surface area contributed by atoms with Gasteiger partial charge in [0.25, 0.3) is 0 Å². The molecule has 4 nitrogen and oxygen atoms in total. The Bertz CT molecular complexity index is 273. The maximum atomic E-state index is 10.4. The summed E-state index contributed by atoms with van der Waals surface area (Å²) in [6, 6.07) is 7.01. The first-order valence-electron chi connectivity index (χ1n) is 3.35. The Hall–Kier alpha value is -0.910. The van der Waals surface area contributed by atoms with E-state index in [9.17, 15) is 4.21 Å². The van der Waals surface area contributed by atoms with Crippen LogP contribution in [-0.2, 0) is 16.8 Å². The van der Waals surface area contributed by atoms with E-state index in [-0.39, 0.29) is 5.75 Å².